The highest BCUT2D eigenvalue weighted by Gasteiger charge is 2.22. The maximum Gasteiger partial charge on any atom is 0.233 e. The summed E-state index contributed by atoms with van der Waals surface area (Å²) in [5, 5.41) is 0. The average Bonchev–Trinajstić information content (AvgIpc) is 2.91. The van der Waals surface area contributed by atoms with E-state index in [1.165, 1.54) is 27.6 Å². The highest BCUT2D eigenvalue weighted by atomic mass is 79.9. The van der Waals surface area contributed by atoms with Crippen molar-refractivity contribution in [2.75, 3.05) is 21.3 Å². The van der Waals surface area contributed by atoms with Crippen molar-refractivity contribution >= 4 is 21.7 Å². The van der Waals surface area contributed by atoms with Gasteiger partial charge in [-0.25, -0.2) is 0 Å². The molecule has 6 heteroatoms. The lowest BCUT2D eigenvalue weighted by atomic mass is 10.1. The van der Waals surface area contributed by atoms with Crippen LogP contribution in [-0.2, 0) is 0 Å². The Bertz CT molecular complexity index is 632. The maximum absolute atomic E-state index is 12.5. The predicted molar refractivity (Wildman–Crippen MR) is 75.9 cm³/mol. The number of carbonyl (C=O) groups is 1. The van der Waals surface area contributed by atoms with Gasteiger partial charge in [0.2, 0.25) is 5.78 Å². The maximum atomic E-state index is 12.5. The standard InChI is InChI=1S/C14H13BrO5/c1-17-10-7-12(19-3)11(18-2)6-8(10)13(16)14-9(15)4-5-20-14/h4-7H,1-3H3. The molecule has 106 valence electrons. The molecule has 0 saturated heterocycles. The minimum Gasteiger partial charge on any atom is -0.496 e. The van der Waals surface area contributed by atoms with Crippen molar-refractivity contribution in [1.82, 2.24) is 0 Å². The molecule has 0 fully saturated rings. The van der Waals surface area contributed by atoms with E-state index in [2.05, 4.69) is 15.9 Å². The van der Waals surface area contributed by atoms with Crippen LogP contribution in [-0.4, -0.2) is 27.1 Å². The first-order valence-corrected chi connectivity index (χ1v) is 6.49. The molecule has 0 bridgehead atoms. The van der Waals surface area contributed by atoms with E-state index in [1.807, 2.05) is 0 Å². The molecule has 0 atom stereocenters. The summed E-state index contributed by atoms with van der Waals surface area (Å²) in [5.41, 5.74) is 0.334. The number of carbonyl (C=O) groups excluding carboxylic acids is 1. The number of hydrogen-bond donors (Lipinski definition) is 0. The first kappa shape index (κ1) is 14.5. The zero-order valence-electron chi connectivity index (χ0n) is 11.2. The number of benzene rings is 1. The van der Waals surface area contributed by atoms with E-state index < -0.39 is 0 Å². The molecule has 20 heavy (non-hydrogen) atoms. The Morgan fingerprint density at radius 2 is 1.65 bits per heavy atom. The summed E-state index contributed by atoms with van der Waals surface area (Å²) in [5.74, 6) is 1.21. The van der Waals surface area contributed by atoms with Crippen molar-refractivity contribution in [2.24, 2.45) is 0 Å². The molecule has 0 amide bonds. The van der Waals surface area contributed by atoms with Crippen LogP contribution in [0.25, 0.3) is 0 Å². The van der Waals surface area contributed by atoms with Crippen LogP contribution in [0.2, 0.25) is 0 Å². The number of furan rings is 1. The second-order valence-electron chi connectivity index (χ2n) is 3.83. The fourth-order valence-electron chi connectivity index (χ4n) is 1.78. The third kappa shape index (κ3) is 2.51. The van der Waals surface area contributed by atoms with Crippen molar-refractivity contribution in [2.45, 2.75) is 0 Å². The molecule has 0 spiro atoms. The lowest BCUT2D eigenvalue weighted by molar-refractivity contribution is 0.100. The van der Waals surface area contributed by atoms with E-state index >= 15 is 0 Å². The molecule has 0 N–H and O–H groups in total. The Morgan fingerprint density at radius 1 is 1.05 bits per heavy atom. The summed E-state index contributed by atoms with van der Waals surface area (Å²) < 4.78 is 21.4. The molecular weight excluding hydrogens is 328 g/mol. The molecule has 0 unspecified atom stereocenters. The van der Waals surface area contributed by atoms with Gasteiger partial charge in [0.1, 0.15) is 5.75 Å². The number of methoxy groups -OCH3 is 3. The SMILES string of the molecule is COc1cc(OC)c(C(=O)c2occc2Br)cc1OC. The second-order valence-corrected chi connectivity index (χ2v) is 4.69. The van der Waals surface area contributed by atoms with Crippen molar-refractivity contribution in [3.63, 3.8) is 0 Å². The Kier molecular flexibility index (Phi) is 4.34. The number of ketones is 1. The third-order valence-corrected chi connectivity index (χ3v) is 3.40. The van der Waals surface area contributed by atoms with Gasteiger partial charge in [0.05, 0.1) is 37.6 Å². The summed E-state index contributed by atoms with van der Waals surface area (Å²) in [7, 11) is 4.50. The number of rotatable bonds is 5. The van der Waals surface area contributed by atoms with E-state index in [1.54, 1.807) is 18.2 Å². The van der Waals surface area contributed by atoms with E-state index in [-0.39, 0.29) is 11.5 Å². The minimum atomic E-state index is -0.306. The summed E-state index contributed by atoms with van der Waals surface area (Å²) in [4.78, 5) is 12.5. The molecule has 0 radical (unpaired) electrons. The molecule has 1 aromatic carbocycles. The summed E-state index contributed by atoms with van der Waals surface area (Å²) in [6.07, 6.45) is 1.44. The van der Waals surface area contributed by atoms with Crippen LogP contribution in [0, 0.1) is 0 Å². The Morgan fingerprint density at radius 3 is 2.15 bits per heavy atom. The summed E-state index contributed by atoms with van der Waals surface area (Å²) in [6, 6.07) is 4.82. The first-order chi connectivity index (χ1) is 9.62. The fourth-order valence-corrected chi connectivity index (χ4v) is 2.17. The third-order valence-electron chi connectivity index (χ3n) is 2.77. The van der Waals surface area contributed by atoms with Gasteiger partial charge in [-0.2, -0.15) is 0 Å². The van der Waals surface area contributed by atoms with Gasteiger partial charge in [-0.3, -0.25) is 4.79 Å². The van der Waals surface area contributed by atoms with Crippen LogP contribution >= 0.6 is 15.9 Å². The monoisotopic (exact) mass is 340 g/mol. The molecule has 0 aliphatic rings. The molecule has 0 saturated carbocycles. The molecule has 1 aromatic heterocycles. The van der Waals surface area contributed by atoms with Crippen LogP contribution in [0.4, 0.5) is 0 Å². The van der Waals surface area contributed by atoms with Crippen molar-refractivity contribution in [3.8, 4) is 17.2 Å². The van der Waals surface area contributed by atoms with Crippen LogP contribution < -0.4 is 14.2 Å². The zero-order valence-corrected chi connectivity index (χ0v) is 12.8. The van der Waals surface area contributed by atoms with Crippen LogP contribution in [0.3, 0.4) is 0 Å². The van der Waals surface area contributed by atoms with Crippen LogP contribution in [0.1, 0.15) is 16.1 Å². The highest BCUT2D eigenvalue weighted by molar-refractivity contribution is 9.10. The lowest BCUT2D eigenvalue weighted by Crippen LogP contribution is -2.05. The smallest absolute Gasteiger partial charge is 0.233 e. The second kappa shape index (κ2) is 6.00. The molecule has 0 aliphatic carbocycles. The zero-order chi connectivity index (χ0) is 14.7. The topological polar surface area (TPSA) is 57.9 Å². The lowest BCUT2D eigenvalue weighted by Gasteiger charge is -2.12. The summed E-state index contributed by atoms with van der Waals surface area (Å²) >= 11 is 3.26. The Labute approximate surface area is 124 Å². The van der Waals surface area contributed by atoms with Crippen LogP contribution in [0.5, 0.6) is 17.2 Å². The van der Waals surface area contributed by atoms with Gasteiger partial charge in [0.15, 0.2) is 17.3 Å². The predicted octanol–water partition coefficient (Wildman–Crippen LogP) is 3.30. The first-order valence-electron chi connectivity index (χ1n) is 5.70. The van der Waals surface area contributed by atoms with E-state index in [0.717, 1.165) is 0 Å². The van der Waals surface area contributed by atoms with Crippen molar-refractivity contribution < 1.29 is 23.4 Å². The highest BCUT2D eigenvalue weighted by Crippen LogP contribution is 2.36. The van der Waals surface area contributed by atoms with Gasteiger partial charge < -0.3 is 18.6 Å². The Balaban J connectivity index is 2.55. The fraction of sp³-hybridized carbons (Fsp3) is 0.214. The van der Waals surface area contributed by atoms with Gasteiger partial charge in [0, 0.05) is 6.07 Å². The Hall–Kier alpha value is -1.95. The van der Waals surface area contributed by atoms with Crippen molar-refractivity contribution in [1.29, 1.82) is 0 Å². The van der Waals surface area contributed by atoms with Crippen molar-refractivity contribution in [3.05, 3.63) is 40.3 Å². The normalized spacial score (nSPS) is 10.2. The van der Waals surface area contributed by atoms with Gasteiger partial charge in [-0.05, 0) is 28.1 Å². The van der Waals surface area contributed by atoms with E-state index in [0.29, 0.717) is 27.3 Å². The summed E-state index contributed by atoms with van der Waals surface area (Å²) in [6.45, 7) is 0. The number of hydrogen-bond acceptors (Lipinski definition) is 5. The molecule has 5 nitrogen and oxygen atoms in total. The van der Waals surface area contributed by atoms with E-state index in [9.17, 15) is 4.79 Å². The van der Waals surface area contributed by atoms with Gasteiger partial charge in [-0.1, -0.05) is 0 Å². The van der Waals surface area contributed by atoms with E-state index in [4.69, 9.17) is 18.6 Å². The number of ether oxygens (including phenoxy) is 3. The van der Waals surface area contributed by atoms with Gasteiger partial charge in [-0.15, -0.1) is 0 Å². The average molecular weight is 341 g/mol. The van der Waals surface area contributed by atoms with Gasteiger partial charge in [0.25, 0.3) is 0 Å². The largest absolute Gasteiger partial charge is 0.496 e. The van der Waals surface area contributed by atoms with Crippen LogP contribution in [0.15, 0.2) is 33.4 Å². The van der Waals surface area contributed by atoms with Gasteiger partial charge >= 0.3 is 0 Å². The minimum absolute atomic E-state index is 0.204. The molecule has 0 aliphatic heterocycles. The number of halogens is 1. The molecular formula is C14H13BrO5. The molecule has 1 heterocycles. The molecule has 2 aromatic rings. The quantitative estimate of drug-likeness (QED) is 0.781. The molecule has 2 rings (SSSR count).